The lowest BCUT2D eigenvalue weighted by Gasteiger charge is -2.07. The number of aryl methyl sites for hydroxylation is 1. The van der Waals surface area contributed by atoms with Crippen LogP contribution in [0.3, 0.4) is 0 Å². The molecule has 0 fully saturated rings. The minimum Gasteiger partial charge on any atom is -0.370 e. The predicted molar refractivity (Wildman–Crippen MR) is 82.1 cm³/mol. The Kier molecular flexibility index (Phi) is 4.87. The predicted octanol–water partition coefficient (Wildman–Crippen LogP) is 3.60. The molecule has 1 aromatic carbocycles. The first-order valence-electron chi connectivity index (χ1n) is 6.87. The molecule has 2 rings (SSSR count). The fourth-order valence-corrected chi connectivity index (χ4v) is 1.81. The SMILES string of the molecule is CCCNc1ccc(C(=O)Nc2ccc(F)c(C)c2)cn1. The van der Waals surface area contributed by atoms with Crippen molar-refractivity contribution < 1.29 is 9.18 Å². The monoisotopic (exact) mass is 287 g/mol. The average molecular weight is 287 g/mol. The number of carbonyl (C=O) groups is 1. The Balaban J connectivity index is 2.04. The van der Waals surface area contributed by atoms with Crippen LogP contribution in [0.1, 0.15) is 29.3 Å². The smallest absolute Gasteiger partial charge is 0.257 e. The van der Waals surface area contributed by atoms with Gasteiger partial charge in [-0.2, -0.15) is 0 Å². The van der Waals surface area contributed by atoms with Gasteiger partial charge in [-0.1, -0.05) is 6.92 Å². The number of hydrogen-bond donors (Lipinski definition) is 2. The topological polar surface area (TPSA) is 54.0 Å². The first-order chi connectivity index (χ1) is 10.1. The van der Waals surface area contributed by atoms with Crippen molar-refractivity contribution in [3.8, 4) is 0 Å². The van der Waals surface area contributed by atoms with Crippen molar-refractivity contribution in [2.45, 2.75) is 20.3 Å². The van der Waals surface area contributed by atoms with Gasteiger partial charge in [0.1, 0.15) is 11.6 Å². The second kappa shape index (κ2) is 6.83. The summed E-state index contributed by atoms with van der Waals surface area (Å²) < 4.78 is 13.2. The van der Waals surface area contributed by atoms with E-state index in [-0.39, 0.29) is 11.7 Å². The molecule has 0 bridgehead atoms. The van der Waals surface area contributed by atoms with Crippen LogP contribution >= 0.6 is 0 Å². The van der Waals surface area contributed by atoms with Crippen molar-refractivity contribution in [2.24, 2.45) is 0 Å². The number of pyridine rings is 1. The molecule has 4 nitrogen and oxygen atoms in total. The van der Waals surface area contributed by atoms with Crippen molar-refractivity contribution in [1.29, 1.82) is 0 Å². The van der Waals surface area contributed by atoms with Crippen molar-refractivity contribution in [1.82, 2.24) is 4.98 Å². The quantitative estimate of drug-likeness (QED) is 0.883. The molecule has 0 saturated heterocycles. The third-order valence-corrected chi connectivity index (χ3v) is 3.00. The van der Waals surface area contributed by atoms with E-state index in [1.54, 1.807) is 25.1 Å². The van der Waals surface area contributed by atoms with Gasteiger partial charge in [0, 0.05) is 18.4 Å². The summed E-state index contributed by atoms with van der Waals surface area (Å²) in [6.07, 6.45) is 2.53. The number of nitrogens with one attached hydrogen (secondary N) is 2. The van der Waals surface area contributed by atoms with Gasteiger partial charge in [0.25, 0.3) is 5.91 Å². The largest absolute Gasteiger partial charge is 0.370 e. The molecular formula is C16H18FN3O. The Hall–Kier alpha value is -2.43. The van der Waals surface area contributed by atoms with Crippen molar-refractivity contribution in [3.05, 3.63) is 53.5 Å². The van der Waals surface area contributed by atoms with Crippen LogP contribution in [0.15, 0.2) is 36.5 Å². The number of hydrogen-bond acceptors (Lipinski definition) is 3. The molecule has 21 heavy (non-hydrogen) atoms. The van der Waals surface area contributed by atoms with Crippen LogP contribution in [0, 0.1) is 12.7 Å². The molecule has 0 unspecified atom stereocenters. The zero-order valence-electron chi connectivity index (χ0n) is 12.1. The van der Waals surface area contributed by atoms with Gasteiger partial charge < -0.3 is 10.6 Å². The van der Waals surface area contributed by atoms with Crippen LogP contribution in [0.2, 0.25) is 0 Å². The van der Waals surface area contributed by atoms with Crippen molar-refractivity contribution >= 4 is 17.4 Å². The first kappa shape index (κ1) is 15.0. The third-order valence-electron chi connectivity index (χ3n) is 3.00. The van der Waals surface area contributed by atoms with E-state index in [1.165, 1.54) is 18.3 Å². The Labute approximate surface area is 123 Å². The lowest BCUT2D eigenvalue weighted by Crippen LogP contribution is -2.13. The zero-order chi connectivity index (χ0) is 15.2. The molecule has 0 aliphatic carbocycles. The summed E-state index contributed by atoms with van der Waals surface area (Å²) in [5, 5.41) is 5.86. The van der Waals surface area contributed by atoms with E-state index in [4.69, 9.17) is 0 Å². The summed E-state index contributed by atoms with van der Waals surface area (Å²) in [7, 11) is 0. The van der Waals surface area contributed by atoms with E-state index < -0.39 is 0 Å². The fourth-order valence-electron chi connectivity index (χ4n) is 1.81. The van der Waals surface area contributed by atoms with Gasteiger partial charge in [-0.15, -0.1) is 0 Å². The lowest BCUT2D eigenvalue weighted by molar-refractivity contribution is 0.102. The Morgan fingerprint density at radius 3 is 2.71 bits per heavy atom. The molecule has 0 saturated carbocycles. The average Bonchev–Trinajstić information content (AvgIpc) is 2.49. The summed E-state index contributed by atoms with van der Waals surface area (Å²) in [5.74, 6) is 0.183. The van der Waals surface area contributed by atoms with Gasteiger partial charge in [-0.25, -0.2) is 9.37 Å². The Morgan fingerprint density at radius 2 is 2.10 bits per heavy atom. The zero-order valence-corrected chi connectivity index (χ0v) is 12.1. The minimum absolute atomic E-state index is 0.268. The first-order valence-corrected chi connectivity index (χ1v) is 6.87. The molecule has 1 aromatic heterocycles. The fraction of sp³-hybridized carbons (Fsp3) is 0.250. The van der Waals surface area contributed by atoms with Crippen LogP contribution in [-0.2, 0) is 0 Å². The number of carbonyl (C=O) groups excluding carboxylic acids is 1. The van der Waals surface area contributed by atoms with E-state index in [0.717, 1.165) is 18.8 Å². The number of halogens is 1. The summed E-state index contributed by atoms with van der Waals surface area (Å²) in [5.41, 5.74) is 1.51. The van der Waals surface area contributed by atoms with Crippen molar-refractivity contribution in [3.63, 3.8) is 0 Å². The Bertz CT molecular complexity index is 626. The van der Waals surface area contributed by atoms with Crippen LogP contribution in [0.4, 0.5) is 15.9 Å². The maximum Gasteiger partial charge on any atom is 0.257 e. The number of benzene rings is 1. The van der Waals surface area contributed by atoms with Gasteiger partial charge in [-0.3, -0.25) is 4.79 Å². The summed E-state index contributed by atoms with van der Waals surface area (Å²) in [6.45, 7) is 4.56. The Morgan fingerprint density at radius 1 is 1.29 bits per heavy atom. The minimum atomic E-state index is -0.291. The molecule has 2 aromatic rings. The van der Waals surface area contributed by atoms with Crippen LogP contribution in [-0.4, -0.2) is 17.4 Å². The van der Waals surface area contributed by atoms with E-state index in [0.29, 0.717) is 16.8 Å². The molecule has 0 aliphatic heterocycles. The van der Waals surface area contributed by atoms with E-state index in [1.807, 2.05) is 0 Å². The summed E-state index contributed by atoms with van der Waals surface area (Å²) in [6, 6.07) is 7.93. The molecular weight excluding hydrogens is 269 g/mol. The highest BCUT2D eigenvalue weighted by Crippen LogP contribution is 2.15. The highest BCUT2D eigenvalue weighted by Gasteiger charge is 2.07. The van der Waals surface area contributed by atoms with Gasteiger partial charge >= 0.3 is 0 Å². The van der Waals surface area contributed by atoms with Gasteiger partial charge in [0.2, 0.25) is 0 Å². The molecule has 110 valence electrons. The highest BCUT2D eigenvalue weighted by molar-refractivity contribution is 6.04. The second-order valence-corrected chi connectivity index (χ2v) is 4.78. The standard InChI is InChI=1S/C16H18FN3O/c1-3-8-18-15-7-4-12(10-19-15)16(21)20-13-5-6-14(17)11(2)9-13/h4-7,9-10H,3,8H2,1-2H3,(H,18,19)(H,20,21). The van der Waals surface area contributed by atoms with E-state index >= 15 is 0 Å². The van der Waals surface area contributed by atoms with E-state index in [9.17, 15) is 9.18 Å². The van der Waals surface area contributed by atoms with Crippen molar-refractivity contribution in [2.75, 3.05) is 17.2 Å². The molecule has 0 spiro atoms. The molecule has 0 aliphatic rings. The summed E-state index contributed by atoms with van der Waals surface area (Å²) >= 11 is 0. The number of nitrogens with zero attached hydrogens (tertiary/aromatic N) is 1. The molecule has 1 heterocycles. The van der Waals surface area contributed by atoms with Crippen LogP contribution in [0.5, 0.6) is 0 Å². The second-order valence-electron chi connectivity index (χ2n) is 4.78. The molecule has 5 heteroatoms. The number of rotatable bonds is 5. The number of amides is 1. The number of aromatic nitrogens is 1. The third kappa shape index (κ3) is 4.02. The van der Waals surface area contributed by atoms with Gasteiger partial charge in [0.05, 0.1) is 5.56 Å². The van der Waals surface area contributed by atoms with Gasteiger partial charge in [-0.05, 0) is 49.2 Å². The molecule has 2 N–H and O–H groups in total. The van der Waals surface area contributed by atoms with Gasteiger partial charge in [0.15, 0.2) is 0 Å². The van der Waals surface area contributed by atoms with E-state index in [2.05, 4.69) is 22.5 Å². The normalized spacial score (nSPS) is 10.2. The molecule has 0 radical (unpaired) electrons. The molecule has 0 atom stereocenters. The molecule has 1 amide bonds. The maximum atomic E-state index is 13.2. The van der Waals surface area contributed by atoms with Crippen LogP contribution in [0.25, 0.3) is 0 Å². The number of anilines is 2. The summed E-state index contributed by atoms with van der Waals surface area (Å²) in [4.78, 5) is 16.2. The van der Waals surface area contributed by atoms with Crippen LogP contribution < -0.4 is 10.6 Å². The highest BCUT2D eigenvalue weighted by atomic mass is 19.1. The maximum absolute atomic E-state index is 13.2. The lowest BCUT2D eigenvalue weighted by atomic mass is 10.2.